The van der Waals surface area contributed by atoms with Crippen LogP contribution in [0.4, 0.5) is 5.69 Å². The highest BCUT2D eigenvalue weighted by atomic mass is 16.5. The van der Waals surface area contributed by atoms with Crippen LogP contribution in [0.25, 0.3) is 16.6 Å². The summed E-state index contributed by atoms with van der Waals surface area (Å²) in [5, 5.41) is 19.8. The number of hydrogen-bond acceptors (Lipinski definition) is 6. The number of carbonyl (C=O) groups excluding carboxylic acids is 2. The normalized spacial score (nSPS) is 16.7. The fraction of sp³-hybridized carbons (Fsp3) is 0.250. The molecule has 1 saturated heterocycles. The fourth-order valence-corrected chi connectivity index (χ4v) is 3.68. The molecule has 0 spiro atoms. The second-order valence-electron chi connectivity index (χ2n) is 7.57. The number of aromatic nitrogens is 2. The van der Waals surface area contributed by atoms with E-state index >= 15 is 0 Å². The Labute approximate surface area is 184 Å². The number of aliphatic hydroxyl groups excluding tert-OH is 1. The lowest BCUT2D eigenvalue weighted by Gasteiger charge is -2.17. The number of amides is 1. The minimum atomic E-state index is -0.641. The number of allylic oxidation sites excluding steroid dienone is 1. The smallest absolute Gasteiger partial charge is 0.311 e. The van der Waals surface area contributed by atoms with E-state index in [1.165, 1.54) is 0 Å². The van der Waals surface area contributed by atoms with E-state index in [1.807, 2.05) is 42.5 Å². The quantitative estimate of drug-likeness (QED) is 0.351. The van der Waals surface area contributed by atoms with Gasteiger partial charge in [-0.3, -0.25) is 9.59 Å². The summed E-state index contributed by atoms with van der Waals surface area (Å²) in [6.45, 7) is 1.79. The van der Waals surface area contributed by atoms with Gasteiger partial charge in [0.05, 0.1) is 17.0 Å². The fourth-order valence-electron chi connectivity index (χ4n) is 3.68. The van der Waals surface area contributed by atoms with Gasteiger partial charge in [-0.2, -0.15) is 5.26 Å². The van der Waals surface area contributed by atoms with Gasteiger partial charge in [-0.05, 0) is 36.2 Å². The first-order chi connectivity index (χ1) is 15.5. The molecule has 4 rings (SSSR count). The van der Waals surface area contributed by atoms with Crippen LogP contribution in [0.3, 0.4) is 0 Å². The van der Waals surface area contributed by atoms with Gasteiger partial charge in [-0.1, -0.05) is 31.2 Å². The highest BCUT2D eigenvalue weighted by Crippen LogP contribution is 2.27. The molecule has 3 aromatic rings. The summed E-state index contributed by atoms with van der Waals surface area (Å²) >= 11 is 0. The minimum Gasteiger partial charge on any atom is -0.507 e. The largest absolute Gasteiger partial charge is 0.507 e. The van der Waals surface area contributed by atoms with E-state index in [2.05, 4.69) is 16.9 Å². The number of aromatic amines is 1. The molecule has 1 aliphatic rings. The first kappa shape index (κ1) is 21.1. The zero-order valence-electron chi connectivity index (χ0n) is 17.5. The van der Waals surface area contributed by atoms with E-state index in [0.29, 0.717) is 5.52 Å². The highest BCUT2D eigenvalue weighted by Gasteiger charge is 2.36. The molecule has 2 N–H and O–H groups in total. The summed E-state index contributed by atoms with van der Waals surface area (Å²) in [6, 6.07) is 16.8. The number of carbonyl (C=O) groups is 2. The molecule has 0 bridgehead atoms. The van der Waals surface area contributed by atoms with Gasteiger partial charge in [0.1, 0.15) is 18.2 Å². The van der Waals surface area contributed by atoms with Crippen molar-refractivity contribution in [1.29, 1.82) is 5.26 Å². The Balaban J connectivity index is 1.42. The van der Waals surface area contributed by atoms with E-state index in [0.717, 1.165) is 23.2 Å². The number of rotatable bonds is 6. The van der Waals surface area contributed by atoms with Crippen LogP contribution in [-0.2, 0) is 20.7 Å². The Bertz CT molecular complexity index is 1200. The second kappa shape index (κ2) is 8.94. The monoisotopic (exact) mass is 430 g/mol. The molecule has 0 saturated carbocycles. The molecule has 1 amide bonds. The number of anilines is 1. The van der Waals surface area contributed by atoms with Gasteiger partial charge < -0.3 is 19.7 Å². The van der Waals surface area contributed by atoms with Gasteiger partial charge in [0.25, 0.3) is 0 Å². The van der Waals surface area contributed by atoms with E-state index in [1.54, 1.807) is 17.0 Å². The van der Waals surface area contributed by atoms with Gasteiger partial charge >= 0.3 is 5.97 Å². The number of H-pyrrole nitrogens is 1. The minimum absolute atomic E-state index is 0.0352. The molecule has 1 aromatic heterocycles. The standard InChI is InChI=1S/C24H22N4O4/c1-2-15-7-9-17(10-8-15)28-13-16(11-22(28)30)24(31)32-14-21(29)18(12-25)23-26-19-5-3-4-6-20(19)27-23/h3-10,16,29H,2,11,13-14H2,1H3,(H,26,27)/t16-/m0/s1. The molecule has 8 nitrogen and oxygen atoms in total. The number of nitriles is 1. The Hall–Kier alpha value is -4.12. The number of nitrogens with zero attached hydrogens (tertiary/aromatic N) is 3. The Kier molecular flexibility index (Phi) is 5.90. The van der Waals surface area contributed by atoms with Crippen molar-refractivity contribution in [1.82, 2.24) is 9.97 Å². The molecule has 162 valence electrons. The SMILES string of the molecule is CCc1ccc(N2C[C@@H](C(=O)OCC(O)=C(C#N)c3nc4ccccc4[nH]3)CC2=O)cc1. The molecule has 0 aliphatic carbocycles. The molecule has 0 unspecified atom stereocenters. The number of hydrogen-bond donors (Lipinski definition) is 2. The zero-order chi connectivity index (χ0) is 22.7. The van der Waals surface area contributed by atoms with E-state index < -0.39 is 24.3 Å². The summed E-state index contributed by atoms with van der Waals surface area (Å²) in [7, 11) is 0. The number of esters is 1. The summed E-state index contributed by atoms with van der Waals surface area (Å²) in [6.07, 6.45) is 0.937. The van der Waals surface area contributed by atoms with Crippen molar-refractivity contribution in [3.63, 3.8) is 0 Å². The number of ether oxygens (including phenoxy) is 1. The maximum absolute atomic E-state index is 12.5. The number of nitrogens with one attached hydrogen (secondary N) is 1. The average molecular weight is 430 g/mol. The van der Waals surface area contributed by atoms with Crippen molar-refractivity contribution >= 4 is 34.2 Å². The Morgan fingerprint density at radius 3 is 2.72 bits per heavy atom. The maximum Gasteiger partial charge on any atom is 0.311 e. The predicted molar refractivity (Wildman–Crippen MR) is 118 cm³/mol. The van der Waals surface area contributed by atoms with Crippen molar-refractivity contribution in [3.8, 4) is 6.07 Å². The number of aliphatic hydroxyl groups is 1. The van der Waals surface area contributed by atoms with E-state index in [4.69, 9.17) is 4.74 Å². The molecule has 0 radical (unpaired) electrons. The molecular formula is C24H22N4O4. The lowest BCUT2D eigenvalue weighted by molar-refractivity contribution is -0.148. The van der Waals surface area contributed by atoms with Gasteiger partial charge in [-0.25, -0.2) is 4.98 Å². The zero-order valence-corrected chi connectivity index (χ0v) is 17.5. The summed E-state index contributed by atoms with van der Waals surface area (Å²) < 4.78 is 5.22. The van der Waals surface area contributed by atoms with Crippen molar-refractivity contribution in [2.45, 2.75) is 19.8 Å². The average Bonchev–Trinajstić information content (AvgIpc) is 3.41. The lowest BCUT2D eigenvalue weighted by Crippen LogP contribution is -2.26. The maximum atomic E-state index is 12.5. The van der Waals surface area contributed by atoms with Gasteiger partial charge in [0.2, 0.25) is 5.91 Å². The van der Waals surface area contributed by atoms with E-state index in [9.17, 15) is 20.0 Å². The third-order valence-electron chi connectivity index (χ3n) is 5.49. The van der Waals surface area contributed by atoms with Gasteiger partial charge in [-0.15, -0.1) is 0 Å². The van der Waals surface area contributed by atoms with Crippen molar-refractivity contribution in [2.24, 2.45) is 5.92 Å². The van der Waals surface area contributed by atoms with Crippen LogP contribution < -0.4 is 4.90 Å². The van der Waals surface area contributed by atoms with Crippen LogP contribution in [0.15, 0.2) is 54.3 Å². The lowest BCUT2D eigenvalue weighted by atomic mass is 10.1. The van der Waals surface area contributed by atoms with Crippen molar-refractivity contribution in [3.05, 3.63) is 65.7 Å². The van der Waals surface area contributed by atoms with Gasteiger partial charge in [0.15, 0.2) is 11.6 Å². The van der Waals surface area contributed by atoms with Crippen LogP contribution in [0.5, 0.6) is 0 Å². The van der Waals surface area contributed by atoms with E-state index in [-0.39, 0.29) is 30.3 Å². The summed E-state index contributed by atoms with van der Waals surface area (Å²) in [5.74, 6) is -1.61. The number of aryl methyl sites for hydroxylation is 1. The van der Waals surface area contributed by atoms with Gasteiger partial charge in [0, 0.05) is 18.7 Å². The third-order valence-corrected chi connectivity index (χ3v) is 5.49. The molecule has 8 heteroatoms. The molecule has 2 heterocycles. The molecule has 1 atom stereocenters. The number of imidazole rings is 1. The summed E-state index contributed by atoms with van der Waals surface area (Å²) in [5.41, 5.74) is 3.17. The van der Waals surface area contributed by atoms with Crippen LogP contribution in [-0.4, -0.2) is 40.1 Å². The van der Waals surface area contributed by atoms with Crippen molar-refractivity contribution < 1.29 is 19.4 Å². The first-order valence-corrected chi connectivity index (χ1v) is 10.3. The van der Waals surface area contributed by atoms with Crippen molar-refractivity contribution in [2.75, 3.05) is 18.1 Å². The molecule has 32 heavy (non-hydrogen) atoms. The number of fused-ring (bicyclic) bond motifs is 1. The first-order valence-electron chi connectivity index (χ1n) is 10.3. The highest BCUT2D eigenvalue weighted by molar-refractivity contribution is 5.99. The third kappa shape index (κ3) is 4.18. The second-order valence-corrected chi connectivity index (χ2v) is 7.57. The van der Waals surface area contributed by atoms with Crippen LogP contribution in [0.1, 0.15) is 24.7 Å². The molecule has 2 aromatic carbocycles. The Morgan fingerprint density at radius 1 is 1.28 bits per heavy atom. The summed E-state index contributed by atoms with van der Waals surface area (Å²) in [4.78, 5) is 33.7. The Morgan fingerprint density at radius 2 is 2.03 bits per heavy atom. The van der Waals surface area contributed by atoms with Crippen LogP contribution >= 0.6 is 0 Å². The van der Waals surface area contributed by atoms with Crippen LogP contribution in [0.2, 0.25) is 0 Å². The predicted octanol–water partition coefficient (Wildman–Crippen LogP) is 3.51. The molecular weight excluding hydrogens is 408 g/mol. The number of para-hydroxylation sites is 2. The topological polar surface area (TPSA) is 119 Å². The van der Waals surface area contributed by atoms with Crippen LogP contribution in [0, 0.1) is 17.2 Å². The molecule has 1 aliphatic heterocycles. The number of benzene rings is 2. The molecule has 1 fully saturated rings.